The van der Waals surface area contributed by atoms with E-state index in [2.05, 4.69) is 37.5 Å². The van der Waals surface area contributed by atoms with Crippen molar-refractivity contribution in [3.05, 3.63) is 29.8 Å². The van der Waals surface area contributed by atoms with Crippen LogP contribution >= 0.6 is 11.8 Å². The second-order valence-electron chi connectivity index (χ2n) is 8.91. The van der Waals surface area contributed by atoms with Crippen molar-refractivity contribution < 1.29 is 9.59 Å². The highest BCUT2D eigenvalue weighted by molar-refractivity contribution is 7.99. The van der Waals surface area contributed by atoms with E-state index in [0.717, 1.165) is 64.3 Å². The number of carbonyl (C=O) groups excluding carboxylic acids is 2. The van der Waals surface area contributed by atoms with Gasteiger partial charge in [0.25, 0.3) is 0 Å². The molecule has 31 heavy (non-hydrogen) atoms. The molecule has 2 heterocycles. The average molecular weight is 446 g/mol. The van der Waals surface area contributed by atoms with Gasteiger partial charge in [-0.1, -0.05) is 12.1 Å². The molecule has 1 unspecified atom stereocenters. The van der Waals surface area contributed by atoms with Gasteiger partial charge in [-0.25, -0.2) is 0 Å². The quantitative estimate of drug-likeness (QED) is 0.632. The lowest BCUT2D eigenvalue weighted by molar-refractivity contribution is -0.127. The van der Waals surface area contributed by atoms with Gasteiger partial charge in [0.05, 0.1) is 12.6 Å². The summed E-state index contributed by atoms with van der Waals surface area (Å²) in [6, 6.07) is 8.52. The summed E-state index contributed by atoms with van der Waals surface area (Å²) in [6.07, 6.45) is 2.23. The molecule has 0 bridgehead atoms. The average Bonchev–Trinajstić information content (AvgIpc) is 3.58. The zero-order valence-electron chi connectivity index (χ0n) is 18.5. The van der Waals surface area contributed by atoms with Crippen molar-refractivity contribution in [3.8, 4) is 0 Å². The van der Waals surface area contributed by atoms with Crippen LogP contribution in [0, 0.1) is 0 Å². The molecule has 0 radical (unpaired) electrons. The summed E-state index contributed by atoms with van der Waals surface area (Å²) in [6.45, 7) is 8.83. The molecular formula is C23H35N5O2S. The number of nitrogens with one attached hydrogen (secondary N) is 2. The van der Waals surface area contributed by atoms with Crippen LogP contribution in [0.3, 0.4) is 0 Å². The van der Waals surface area contributed by atoms with Crippen LogP contribution in [0.15, 0.2) is 24.3 Å². The number of carbonyl (C=O) groups is 2. The lowest BCUT2D eigenvalue weighted by atomic mass is 10.2. The summed E-state index contributed by atoms with van der Waals surface area (Å²) in [5.74, 6) is 2.57. The van der Waals surface area contributed by atoms with Gasteiger partial charge in [-0.15, -0.1) is 0 Å². The van der Waals surface area contributed by atoms with Gasteiger partial charge in [0.15, 0.2) is 0 Å². The molecule has 2 N–H and O–H groups in total. The predicted octanol–water partition coefficient (Wildman–Crippen LogP) is 1.46. The Morgan fingerprint density at radius 2 is 1.81 bits per heavy atom. The first-order valence-corrected chi connectivity index (χ1v) is 12.7. The first kappa shape index (κ1) is 22.6. The zero-order valence-corrected chi connectivity index (χ0v) is 19.3. The summed E-state index contributed by atoms with van der Waals surface area (Å²) in [4.78, 5) is 31.7. The number of hydrogen-bond donors (Lipinski definition) is 2. The molecule has 1 atom stereocenters. The summed E-state index contributed by atoms with van der Waals surface area (Å²) in [5.41, 5.74) is 2.12. The van der Waals surface area contributed by atoms with Crippen molar-refractivity contribution in [2.45, 2.75) is 38.4 Å². The van der Waals surface area contributed by atoms with Crippen molar-refractivity contribution in [1.82, 2.24) is 20.0 Å². The Kier molecular flexibility index (Phi) is 7.87. The third-order valence-corrected chi connectivity index (χ3v) is 7.29. The molecule has 1 aromatic carbocycles. The van der Waals surface area contributed by atoms with Crippen molar-refractivity contribution in [3.63, 3.8) is 0 Å². The molecule has 2 saturated heterocycles. The Hall–Kier alpha value is -1.61. The smallest absolute Gasteiger partial charge is 0.238 e. The summed E-state index contributed by atoms with van der Waals surface area (Å²) < 4.78 is 0. The molecule has 0 spiro atoms. The number of nitrogens with zero attached hydrogens (tertiary/aromatic N) is 3. The second-order valence-corrected chi connectivity index (χ2v) is 10.1. The predicted molar refractivity (Wildman–Crippen MR) is 126 cm³/mol. The lowest BCUT2D eigenvalue weighted by Gasteiger charge is -2.37. The van der Waals surface area contributed by atoms with Crippen LogP contribution in [0.5, 0.6) is 0 Å². The van der Waals surface area contributed by atoms with E-state index in [-0.39, 0.29) is 17.9 Å². The minimum atomic E-state index is -0.0992. The van der Waals surface area contributed by atoms with Gasteiger partial charge in [0, 0.05) is 69.0 Å². The van der Waals surface area contributed by atoms with Crippen LogP contribution in [0.4, 0.5) is 5.69 Å². The van der Waals surface area contributed by atoms with E-state index < -0.39 is 0 Å². The third kappa shape index (κ3) is 6.94. The Bertz CT molecular complexity index is 758. The molecule has 7 nitrogen and oxygen atoms in total. The number of hydrogen-bond acceptors (Lipinski definition) is 6. The number of benzene rings is 1. The third-order valence-electron chi connectivity index (χ3n) is 6.35. The van der Waals surface area contributed by atoms with E-state index in [1.54, 1.807) is 0 Å². The van der Waals surface area contributed by atoms with Crippen LogP contribution < -0.4 is 10.6 Å². The van der Waals surface area contributed by atoms with Crippen LogP contribution in [-0.2, 0) is 16.1 Å². The first-order chi connectivity index (χ1) is 15.1. The Balaban J connectivity index is 1.19. The Morgan fingerprint density at radius 1 is 1.06 bits per heavy atom. The van der Waals surface area contributed by atoms with E-state index in [9.17, 15) is 9.59 Å². The fourth-order valence-corrected chi connectivity index (χ4v) is 5.17. The summed E-state index contributed by atoms with van der Waals surface area (Å²) in [7, 11) is 0. The van der Waals surface area contributed by atoms with Gasteiger partial charge in [0.1, 0.15) is 0 Å². The molecule has 1 aliphatic carbocycles. The summed E-state index contributed by atoms with van der Waals surface area (Å²) >= 11 is 2.02. The Morgan fingerprint density at radius 3 is 2.52 bits per heavy atom. The van der Waals surface area contributed by atoms with Crippen LogP contribution in [0.1, 0.15) is 25.3 Å². The Labute approximate surface area is 189 Å². The van der Waals surface area contributed by atoms with Crippen LogP contribution in [-0.4, -0.2) is 95.9 Å². The van der Waals surface area contributed by atoms with E-state index in [0.29, 0.717) is 12.6 Å². The molecule has 3 fully saturated rings. The summed E-state index contributed by atoms with van der Waals surface area (Å²) in [5, 5.41) is 6.16. The standard InChI is InChI=1S/C23H35N5O2S/c1-18(23(30)25-20-5-6-20)28-9-7-26(8-10-28)17-22(29)24-21-4-2-3-19(15-21)16-27-11-13-31-14-12-27/h2-4,15,18,20H,5-14,16-17H2,1H3,(H,24,29)(H,25,30). The number of piperazine rings is 1. The number of anilines is 1. The minimum absolute atomic E-state index is 0.0273. The molecule has 3 aliphatic rings. The van der Waals surface area contributed by atoms with Gasteiger partial charge >= 0.3 is 0 Å². The highest BCUT2D eigenvalue weighted by Gasteiger charge is 2.30. The van der Waals surface area contributed by atoms with E-state index in [1.807, 2.05) is 30.8 Å². The van der Waals surface area contributed by atoms with E-state index >= 15 is 0 Å². The van der Waals surface area contributed by atoms with Gasteiger partial charge in [-0.3, -0.25) is 24.3 Å². The monoisotopic (exact) mass is 445 g/mol. The maximum atomic E-state index is 12.6. The molecule has 170 valence electrons. The fraction of sp³-hybridized carbons (Fsp3) is 0.652. The largest absolute Gasteiger partial charge is 0.352 e. The topological polar surface area (TPSA) is 67.9 Å². The van der Waals surface area contributed by atoms with Gasteiger partial charge in [-0.05, 0) is 37.5 Å². The zero-order chi connectivity index (χ0) is 21.6. The molecule has 8 heteroatoms. The molecule has 4 rings (SSSR count). The number of amides is 2. The maximum absolute atomic E-state index is 12.6. The first-order valence-electron chi connectivity index (χ1n) is 11.5. The second kappa shape index (κ2) is 10.8. The highest BCUT2D eigenvalue weighted by Crippen LogP contribution is 2.19. The van der Waals surface area contributed by atoms with E-state index in [1.165, 1.54) is 17.1 Å². The molecule has 0 aromatic heterocycles. The normalized spacial score (nSPS) is 22.1. The van der Waals surface area contributed by atoms with Crippen molar-refractivity contribution in [2.75, 3.05) is 62.6 Å². The molecule has 1 aromatic rings. The van der Waals surface area contributed by atoms with Crippen LogP contribution in [0.2, 0.25) is 0 Å². The molecular weight excluding hydrogens is 410 g/mol. The van der Waals surface area contributed by atoms with Gasteiger partial charge < -0.3 is 10.6 Å². The number of rotatable bonds is 8. The SMILES string of the molecule is CC(C(=O)NC1CC1)N1CCN(CC(=O)Nc2cccc(CN3CCSCC3)c2)CC1. The molecule has 1 saturated carbocycles. The molecule has 2 aliphatic heterocycles. The van der Waals surface area contributed by atoms with Gasteiger partial charge in [-0.2, -0.15) is 11.8 Å². The van der Waals surface area contributed by atoms with Crippen molar-refractivity contribution >= 4 is 29.3 Å². The fourth-order valence-electron chi connectivity index (χ4n) is 4.19. The molecule has 2 amide bonds. The number of thioether (sulfide) groups is 1. The lowest BCUT2D eigenvalue weighted by Crippen LogP contribution is -2.55. The highest BCUT2D eigenvalue weighted by atomic mass is 32.2. The van der Waals surface area contributed by atoms with Crippen molar-refractivity contribution in [1.29, 1.82) is 0 Å². The van der Waals surface area contributed by atoms with E-state index in [4.69, 9.17) is 0 Å². The van der Waals surface area contributed by atoms with Crippen molar-refractivity contribution in [2.24, 2.45) is 0 Å². The maximum Gasteiger partial charge on any atom is 0.238 e. The van der Waals surface area contributed by atoms with Crippen LogP contribution in [0.25, 0.3) is 0 Å². The minimum Gasteiger partial charge on any atom is -0.352 e. The van der Waals surface area contributed by atoms with Gasteiger partial charge in [0.2, 0.25) is 11.8 Å².